The molecule has 49 heavy (non-hydrogen) atoms. The van der Waals surface area contributed by atoms with E-state index in [-0.39, 0.29) is 12.6 Å². The lowest BCUT2D eigenvalue weighted by Gasteiger charge is -2.46. The molecule has 1 aliphatic heterocycles. The van der Waals surface area contributed by atoms with Gasteiger partial charge in [0, 0.05) is 13.1 Å². The second kappa shape index (κ2) is 31.3. The molecular formula is C39H78N4O6. The summed E-state index contributed by atoms with van der Waals surface area (Å²) in [4.78, 5) is 27.4. The lowest BCUT2D eigenvalue weighted by Crippen LogP contribution is -2.69. The number of aliphatic hydroxyl groups is 3. The summed E-state index contributed by atoms with van der Waals surface area (Å²) < 4.78 is 6.00. The minimum Gasteiger partial charge on any atom is -0.394 e. The molecule has 0 aliphatic carbocycles. The third kappa shape index (κ3) is 21.5. The highest BCUT2D eigenvalue weighted by Gasteiger charge is 2.48. The fourth-order valence-electron chi connectivity index (χ4n) is 6.85. The summed E-state index contributed by atoms with van der Waals surface area (Å²) in [6.45, 7) is 4.55. The molecule has 0 aromatic rings. The van der Waals surface area contributed by atoms with Crippen LogP contribution in [-0.2, 0) is 9.53 Å². The van der Waals surface area contributed by atoms with Crippen molar-refractivity contribution in [3.8, 4) is 0 Å². The van der Waals surface area contributed by atoms with Crippen molar-refractivity contribution in [2.75, 3.05) is 26.2 Å². The fraction of sp³-hybridized carbons (Fsp3) is 0.949. The van der Waals surface area contributed by atoms with Gasteiger partial charge in [-0.15, -0.1) is 0 Å². The number of hydrogen-bond acceptors (Lipinski definition) is 7. The number of nitrogens with two attached hydrogens (primary N) is 1. The van der Waals surface area contributed by atoms with Crippen LogP contribution in [0.2, 0.25) is 0 Å². The maximum atomic E-state index is 13.6. The fourth-order valence-corrected chi connectivity index (χ4v) is 6.85. The quantitative estimate of drug-likeness (QED) is 0.0411. The molecule has 1 saturated heterocycles. The van der Waals surface area contributed by atoms with E-state index in [2.05, 4.69) is 24.5 Å². The van der Waals surface area contributed by atoms with E-state index >= 15 is 0 Å². The van der Waals surface area contributed by atoms with Crippen molar-refractivity contribution in [2.45, 2.75) is 211 Å². The van der Waals surface area contributed by atoms with E-state index in [9.17, 15) is 24.9 Å². The van der Waals surface area contributed by atoms with E-state index in [0.717, 1.165) is 44.9 Å². The van der Waals surface area contributed by atoms with Gasteiger partial charge < -0.3 is 36.4 Å². The topological polar surface area (TPSA) is 157 Å². The van der Waals surface area contributed by atoms with Gasteiger partial charge in [-0.3, -0.25) is 9.69 Å². The Morgan fingerprint density at radius 3 is 1.45 bits per heavy atom. The number of carbonyl (C=O) groups excluding carboxylic acids is 2. The third-order valence-corrected chi connectivity index (χ3v) is 10.0. The standard InChI is InChI=1S/C39H78N4O6/c1-3-5-7-9-11-13-15-16-17-18-19-20-22-24-26-28-30-43(39(48)41-29-27-25-23-21-14-12-10-8-6-4-2)38-35(42-34(45)31-40)37(47)36(46)33(32-44)49-38/h33,35-38,44,46-47H,3-32,40H2,1-2H3,(H,41,48)(H,42,45)/t33-,35-,36-,37-,38-/m1/s1. The Labute approximate surface area is 300 Å². The molecule has 290 valence electrons. The highest BCUT2D eigenvalue weighted by molar-refractivity contribution is 5.78. The van der Waals surface area contributed by atoms with Gasteiger partial charge in [-0.25, -0.2) is 4.79 Å². The van der Waals surface area contributed by atoms with Gasteiger partial charge in [0.15, 0.2) is 6.23 Å². The number of amides is 3. The molecule has 0 aromatic carbocycles. The van der Waals surface area contributed by atoms with Crippen LogP contribution in [0.4, 0.5) is 4.79 Å². The van der Waals surface area contributed by atoms with Crippen molar-refractivity contribution in [1.29, 1.82) is 0 Å². The third-order valence-electron chi connectivity index (χ3n) is 10.0. The SMILES string of the molecule is CCCCCCCCCCCCCCCCCCN(C(=O)NCCCCCCCCCCCC)[C@@H]1O[C@H](CO)[C@@H](O)[C@H](O)[C@H]1NC(=O)CN. The second-order valence-electron chi connectivity index (χ2n) is 14.4. The van der Waals surface area contributed by atoms with Crippen LogP contribution < -0.4 is 16.4 Å². The van der Waals surface area contributed by atoms with Gasteiger partial charge in [0.05, 0.1) is 13.2 Å². The Hall–Kier alpha value is -1.46. The summed E-state index contributed by atoms with van der Waals surface area (Å²) in [5.74, 6) is -0.527. The summed E-state index contributed by atoms with van der Waals surface area (Å²) >= 11 is 0. The number of ether oxygens (including phenoxy) is 1. The minimum atomic E-state index is -1.44. The lowest BCUT2D eigenvalue weighted by molar-refractivity contribution is -0.224. The zero-order valence-corrected chi connectivity index (χ0v) is 31.7. The number of aliphatic hydroxyl groups excluding tert-OH is 3. The number of nitrogens with zero attached hydrogens (tertiary/aromatic N) is 1. The molecule has 0 unspecified atom stereocenters. The van der Waals surface area contributed by atoms with Crippen molar-refractivity contribution in [3.05, 3.63) is 0 Å². The van der Waals surface area contributed by atoms with Crippen LogP contribution in [0.25, 0.3) is 0 Å². The average molecular weight is 699 g/mol. The maximum Gasteiger partial charge on any atom is 0.319 e. The van der Waals surface area contributed by atoms with Crippen LogP contribution in [-0.4, -0.2) is 89.0 Å². The Morgan fingerprint density at radius 1 is 0.633 bits per heavy atom. The van der Waals surface area contributed by atoms with Gasteiger partial charge in [0.2, 0.25) is 5.91 Å². The molecule has 7 N–H and O–H groups in total. The highest BCUT2D eigenvalue weighted by atomic mass is 16.5. The van der Waals surface area contributed by atoms with Gasteiger partial charge in [-0.2, -0.15) is 0 Å². The van der Waals surface area contributed by atoms with Crippen LogP contribution in [0.15, 0.2) is 0 Å². The first kappa shape index (κ1) is 45.6. The lowest BCUT2D eigenvalue weighted by atomic mass is 9.95. The summed E-state index contributed by atoms with van der Waals surface area (Å²) in [5.41, 5.74) is 5.53. The Bertz CT molecular complexity index is 791. The summed E-state index contributed by atoms with van der Waals surface area (Å²) in [5, 5.41) is 37.0. The highest BCUT2D eigenvalue weighted by Crippen LogP contribution is 2.25. The molecule has 1 heterocycles. The largest absolute Gasteiger partial charge is 0.394 e. The molecule has 0 saturated carbocycles. The van der Waals surface area contributed by atoms with E-state index in [1.54, 1.807) is 0 Å². The van der Waals surface area contributed by atoms with Crippen molar-refractivity contribution in [3.63, 3.8) is 0 Å². The van der Waals surface area contributed by atoms with Crippen molar-refractivity contribution >= 4 is 11.9 Å². The first-order valence-electron chi connectivity index (χ1n) is 20.6. The molecule has 3 amide bonds. The maximum absolute atomic E-state index is 13.6. The van der Waals surface area contributed by atoms with E-state index in [1.807, 2.05) is 0 Å². The van der Waals surface area contributed by atoms with Crippen LogP contribution >= 0.6 is 0 Å². The van der Waals surface area contributed by atoms with Crippen LogP contribution in [0.3, 0.4) is 0 Å². The molecule has 0 radical (unpaired) electrons. The number of carbonyl (C=O) groups is 2. The predicted molar refractivity (Wildman–Crippen MR) is 200 cm³/mol. The molecule has 5 atom stereocenters. The number of urea groups is 1. The van der Waals surface area contributed by atoms with E-state index in [1.165, 1.54) is 127 Å². The second-order valence-corrected chi connectivity index (χ2v) is 14.4. The normalized spacial score (nSPS) is 20.7. The van der Waals surface area contributed by atoms with E-state index < -0.39 is 43.1 Å². The van der Waals surface area contributed by atoms with E-state index in [0.29, 0.717) is 13.1 Å². The monoisotopic (exact) mass is 699 g/mol. The van der Waals surface area contributed by atoms with Crippen LogP contribution in [0.1, 0.15) is 181 Å². The number of hydrogen-bond donors (Lipinski definition) is 6. The van der Waals surface area contributed by atoms with Crippen LogP contribution in [0, 0.1) is 0 Å². The van der Waals surface area contributed by atoms with Crippen molar-refractivity contribution in [2.24, 2.45) is 5.73 Å². The molecule has 0 bridgehead atoms. The first-order valence-corrected chi connectivity index (χ1v) is 20.6. The Balaban J connectivity index is 2.54. The zero-order chi connectivity index (χ0) is 36.0. The number of unbranched alkanes of at least 4 members (excludes halogenated alkanes) is 24. The summed E-state index contributed by atoms with van der Waals surface area (Å²) in [6, 6.07) is -1.42. The molecule has 0 spiro atoms. The number of rotatable bonds is 32. The Kier molecular flexibility index (Phi) is 29.1. The predicted octanol–water partition coefficient (Wildman–Crippen LogP) is 7.06. The smallest absolute Gasteiger partial charge is 0.319 e. The molecule has 1 rings (SSSR count). The van der Waals surface area contributed by atoms with Crippen molar-refractivity contribution in [1.82, 2.24) is 15.5 Å². The molecule has 10 heteroatoms. The number of nitrogens with one attached hydrogen (secondary N) is 2. The van der Waals surface area contributed by atoms with Crippen molar-refractivity contribution < 1.29 is 29.6 Å². The summed E-state index contributed by atoms with van der Waals surface area (Å²) in [7, 11) is 0. The minimum absolute atomic E-state index is 0.306. The van der Waals surface area contributed by atoms with E-state index in [4.69, 9.17) is 10.5 Å². The average Bonchev–Trinajstić information content (AvgIpc) is 3.10. The van der Waals surface area contributed by atoms with Gasteiger partial charge in [-0.1, -0.05) is 168 Å². The Morgan fingerprint density at radius 2 is 1.04 bits per heavy atom. The zero-order valence-electron chi connectivity index (χ0n) is 31.7. The molecule has 10 nitrogen and oxygen atoms in total. The van der Waals surface area contributed by atoms with Gasteiger partial charge in [0.1, 0.15) is 24.4 Å². The van der Waals surface area contributed by atoms with Gasteiger partial charge in [-0.05, 0) is 12.8 Å². The molecular weight excluding hydrogens is 620 g/mol. The molecule has 1 aliphatic rings. The van der Waals surface area contributed by atoms with Gasteiger partial charge in [0.25, 0.3) is 0 Å². The summed E-state index contributed by atoms with van der Waals surface area (Å²) in [6.07, 6.45) is 27.1. The first-order chi connectivity index (χ1) is 23.9. The van der Waals surface area contributed by atoms with Gasteiger partial charge >= 0.3 is 6.03 Å². The van der Waals surface area contributed by atoms with Crippen LogP contribution in [0.5, 0.6) is 0 Å². The molecule has 0 aromatic heterocycles. The molecule has 1 fully saturated rings.